The Hall–Kier alpha value is -3.06. The fourth-order valence-corrected chi connectivity index (χ4v) is 2.90. The Morgan fingerprint density at radius 2 is 1.93 bits per heavy atom. The van der Waals surface area contributed by atoms with E-state index in [1.54, 1.807) is 31.4 Å². The van der Waals surface area contributed by atoms with Gasteiger partial charge in [0.1, 0.15) is 23.0 Å². The van der Waals surface area contributed by atoms with Gasteiger partial charge in [0.05, 0.1) is 26.0 Å². The number of rotatable bonds is 6. The van der Waals surface area contributed by atoms with Crippen LogP contribution in [0.2, 0.25) is 0 Å². The highest BCUT2D eigenvalue weighted by atomic mass is 79.9. The number of ether oxygens (including phenoxy) is 2. The molecule has 0 bridgehead atoms. The molecule has 3 aromatic rings. The predicted molar refractivity (Wildman–Crippen MR) is 111 cm³/mol. The molecular formula is C21H19BrN2O4. The summed E-state index contributed by atoms with van der Waals surface area (Å²) >= 11 is 3.52. The molecule has 144 valence electrons. The fraction of sp³-hybridized carbons (Fsp3) is 0.143. The van der Waals surface area contributed by atoms with Crippen LogP contribution in [0.15, 0.2) is 62.5 Å². The van der Waals surface area contributed by atoms with Crippen LogP contribution < -0.4 is 14.9 Å². The molecule has 0 aliphatic heterocycles. The van der Waals surface area contributed by atoms with E-state index < -0.39 is 5.91 Å². The van der Waals surface area contributed by atoms with E-state index in [4.69, 9.17) is 13.9 Å². The van der Waals surface area contributed by atoms with Crippen LogP contribution in [0.1, 0.15) is 21.7 Å². The van der Waals surface area contributed by atoms with Crippen molar-refractivity contribution in [3.05, 3.63) is 69.9 Å². The van der Waals surface area contributed by atoms with Crippen LogP contribution in [0.5, 0.6) is 11.5 Å². The lowest BCUT2D eigenvalue weighted by atomic mass is 10.1. The number of hydrogen-bond donors (Lipinski definition) is 1. The predicted octanol–water partition coefficient (Wildman–Crippen LogP) is 4.80. The van der Waals surface area contributed by atoms with Gasteiger partial charge in [-0.05, 0) is 42.8 Å². The van der Waals surface area contributed by atoms with Gasteiger partial charge in [-0.1, -0.05) is 28.1 Å². The molecule has 3 rings (SSSR count). The van der Waals surface area contributed by atoms with Crippen LogP contribution in [-0.4, -0.2) is 26.3 Å². The number of carbonyl (C=O) groups is 1. The number of halogens is 1. The van der Waals surface area contributed by atoms with Gasteiger partial charge >= 0.3 is 0 Å². The molecule has 0 aliphatic carbocycles. The second kappa shape index (κ2) is 8.75. The van der Waals surface area contributed by atoms with Gasteiger partial charge in [0.2, 0.25) is 0 Å². The van der Waals surface area contributed by atoms with E-state index in [0.29, 0.717) is 28.6 Å². The quantitative estimate of drug-likeness (QED) is 0.439. The summed E-state index contributed by atoms with van der Waals surface area (Å²) in [5.74, 6) is 1.84. The minimum Gasteiger partial charge on any atom is -0.497 e. The van der Waals surface area contributed by atoms with Crippen LogP contribution in [-0.2, 0) is 0 Å². The summed E-state index contributed by atoms with van der Waals surface area (Å²) in [6, 6.07) is 14.6. The number of aryl methyl sites for hydroxylation is 1. The average Bonchev–Trinajstić information content (AvgIpc) is 3.18. The number of amides is 1. The van der Waals surface area contributed by atoms with Crippen molar-refractivity contribution >= 4 is 28.1 Å². The van der Waals surface area contributed by atoms with Crippen LogP contribution >= 0.6 is 15.9 Å². The minimum atomic E-state index is -0.398. The van der Waals surface area contributed by atoms with Gasteiger partial charge in [0.25, 0.3) is 5.91 Å². The van der Waals surface area contributed by atoms with E-state index in [1.807, 2.05) is 31.2 Å². The van der Waals surface area contributed by atoms with Crippen LogP contribution in [0.25, 0.3) is 11.3 Å². The first-order chi connectivity index (χ1) is 13.5. The van der Waals surface area contributed by atoms with Gasteiger partial charge in [-0.25, -0.2) is 5.43 Å². The zero-order chi connectivity index (χ0) is 20.1. The number of nitrogens with zero attached hydrogens (tertiary/aromatic N) is 1. The SMILES string of the molecule is COc1ccc(C(=O)NN=Cc2ccc(-c3ccc(C)c(Br)c3)o2)c(OC)c1. The molecule has 0 unspecified atom stereocenters. The highest BCUT2D eigenvalue weighted by molar-refractivity contribution is 9.10. The monoisotopic (exact) mass is 442 g/mol. The van der Waals surface area contributed by atoms with Gasteiger partial charge in [0.15, 0.2) is 0 Å². The van der Waals surface area contributed by atoms with Gasteiger partial charge in [0, 0.05) is 16.1 Å². The average molecular weight is 443 g/mol. The Kier molecular flexibility index (Phi) is 6.16. The lowest BCUT2D eigenvalue weighted by Gasteiger charge is -2.08. The molecule has 1 aromatic heterocycles. The van der Waals surface area contributed by atoms with E-state index in [0.717, 1.165) is 15.6 Å². The van der Waals surface area contributed by atoms with Gasteiger partial charge < -0.3 is 13.9 Å². The number of furan rings is 1. The second-order valence-electron chi connectivity index (χ2n) is 5.93. The summed E-state index contributed by atoms with van der Waals surface area (Å²) in [4.78, 5) is 12.3. The van der Waals surface area contributed by atoms with Crippen LogP contribution in [0, 0.1) is 6.92 Å². The van der Waals surface area contributed by atoms with Crippen LogP contribution in [0.4, 0.5) is 0 Å². The number of benzene rings is 2. The van der Waals surface area contributed by atoms with Gasteiger partial charge in [-0.15, -0.1) is 0 Å². The summed E-state index contributed by atoms with van der Waals surface area (Å²) in [5, 5.41) is 3.96. The smallest absolute Gasteiger partial charge is 0.275 e. The van der Waals surface area contributed by atoms with E-state index in [1.165, 1.54) is 13.3 Å². The number of methoxy groups -OCH3 is 2. The van der Waals surface area contributed by atoms with Crippen molar-refractivity contribution in [3.8, 4) is 22.8 Å². The van der Waals surface area contributed by atoms with E-state index >= 15 is 0 Å². The van der Waals surface area contributed by atoms with E-state index in [2.05, 4.69) is 26.5 Å². The Balaban J connectivity index is 1.69. The van der Waals surface area contributed by atoms with E-state index in [9.17, 15) is 4.79 Å². The maximum atomic E-state index is 12.3. The van der Waals surface area contributed by atoms with Gasteiger partial charge in [-0.3, -0.25) is 4.79 Å². The number of hydrazone groups is 1. The van der Waals surface area contributed by atoms with Crippen molar-refractivity contribution in [2.24, 2.45) is 5.10 Å². The summed E-state index contributed by atoms with van der Waals surface area (Å²) in [6.45, 7) is 2.02. The first-order valence-corrected chi connectivity index (χ1v) is 9.23. The maximum Gasteiger partial charge on any atom is 0.275 e. The molecule has 2 aromatic carbocycles. The topological polar surface area (TPSA) is 73.1 Å². The Bertz CT molecular complexity index is 1030. The molecule has 1 heterocycles. The standard InChI is InChI=1S/C21H19BrN2O4/c1-13-4-5-14(10-18(13)22)19-9-7-16(28-19)12-23-24-21(25)17-8-6-15(26-2)11-20(17)27-3/h4-12H,1-3H3,(H,24,25). The molecule has 6 nitrogen and oxygen atoms in total. The Labute approximate surface area is 171 Å². The number of carbonyl (C=O) groups excluding carboxylic acids is 1. The zero-order valence-electron chi connectivity index (χ0n) is 15.7. The molecule has 1 amide bonds. The number of nitrogens with one attached hydrogen (secondary N) is 1. The first-order valence-electron chi connectivity index (χ1n) is 8.43. The minimum absolute atomic E-state index is 0.352. The first kappa shape index (κ1) is 19.7. The van der Waals surface area contributed by atoms with Crippen molar-refractivity contribution in [2.45, 2.75) is 6.92 Å². The summed E-state index contributed by atoms with van der Waals surface area (Å²) in [7, 11) is 3.04. The zero-order valence-corrected chi connectivity index (χ0v) is 17.2. The van der Waals surface area contributed by atoms with Crippen molar-refractivity contribution in [1.29, 1.82) is 0 Å². The molecular weight excluding hydrogens is 424 g/mol. The maximum absolute atomic E-state index is 12.3. The molecule has 0 fully saturated rings. The third-order valence-electron chi connectivity index (χ3n) is 4.09. The van der Waals surface area contributed by atoms with Crippen molar-refractivity contribution in [3.63, 3.8) is 0 Å². The summed E-state index contributed by atoms with van der Waals surface area (Å²) in [6.07, 6.45) is 1.45. The van der Waals surface area contributed by atoms with E-state index in [-0.39, 0.29) is 0 Å². The molecule has 1 N–H and O–H groups in total. The Morgan fingerprint density at radius 3 is 2.64 bits per heavy atom. The molecule has 0 saturated heterocycles. The molecule has 0 aliphatic rings. The normalized spacial score (nSPS) is 10.9. The van der Waals surface area contributed by atoms with Crippen molar-refractivity contribution in [1.82, 2.24) is 5.43 Å². The molecule has 0 spiro atoms. The Morgan fingerprint density at radius 1 is 1.11 bits per heavy atom. The highest BCUT2D eigenvalue weighted by Crippen LogP contribution is 2.27. The third-order valence-corrected chi connectivity index (χ3v) is 4.95. The lowest BCUT2D eigenvalue weighted by Crippen LogP contribution is -2.18. The largest absolute Gasteiger partial charge is 0.497 e. The lowest BCUT2D eigenvalue weighted by molar-refractivity contribution is 0.0952. The fourth-order valence-electron chi connectivity index (χ4n) is 2.52. The summed E-state index contributed by atoms with van der Waals surface area (Å²) < 4.78 is 17.1. The second-order valence-corrected chi connectivity index (χ2v) is 6.79. The molecule has 0 saturated carbocycles. The molecule has 7 heteroatoms. The van der Waals surface area contributed by atoms with Crippen molar-refractivity contribution in [2.75, 3.05) is 14.2 Å². The third kappa shape index (κ3) is 4.43. The molecule has 0 atom stereocenters. The van der Waals surface area contributed by atoms with Crippen molar-refractivity contribution < 1.29 is 18.7 Å². The summed E-state index contributed by atoms with van der Waals surface area (Å²) in [5.41, 5.74) is 4.91. The van der Waals surface area contributed by atoms with Crippen LogP contribution in [0.3, 0.4) is 0 Å². The van der Waals surface area contributed by atoms with Gasteiger partial charge in [-0.2, -0.15) is 5.10 Å². The number of hydrogen-bond acceptors (Lipinski definition) is 5. The highest BCUT2D eigenvalue weighted by Gasteiger charge is 2.12. The molecule has 0 radical (unpaired) electrons. The molecule has 28 heavy (non-hydrogen) atoms.